The van der Waals surface area contributed by atoms with Gasteiger partial charge in [0.1, 0.15) is 0 Å². The molecule has 5 nitrogen and oxygen atoms in total. The number of piperidine rings is 1. The Kier molecular flexibility index (Phi) is 8.22. The van der Waals surface area contributed by atoms with Crippen molar-refractivity contribution < 1.29 is 9.59 Å². The van der Waals surface area contributed by atoms with Crippen LogP contribution in [0.4, 0.5) is 5.69 Å². The first kappa shape index (κ1) is 19.7. The van der Waals surface area contributed by atoms with Gasteiger partial charge in [-0.1, -0.05) is 24.9 Å². The standard InChI is InChI=1S/C19H28ClN3O2/c1-2-3-11-21-19(25)15-8-12-23(13-9-15)14-10-18(24)22-17-6-4-16(20)5-7-17/h4-7,15H,2-3,8-14H2,1H3,(H,21,25)(H,22,24). The number of anilines is 1. The van der Waals surface area contributed by atoms with Crippen molar-refractivity contribution in [3.8, 4) is 0 Å². The lowest BCUT2D eigenvalue weighted by Gasteiger charge is -2.31. The van der Waals surface area contributed by atoms with Gasteiger partial charge in [-0.3, -0.25) is 9.59 Å². The molecule has 2 rings (SSSR count). The van der Waals surface area contributed by atoms with Gasteiger partial charge in [0.15, 0.2) is 0 Å². The topological polar surface area (TPSA) is 61.4 Å². The number of carbonyl (C=O) groups excluding carboxylic acids is 2. The van der Waals surface area contributed by atoms with Gasteiger partial charge in [-0.05, 0) is 56.6 Å². The smallest absolute Gasteiger partial charge is 0.225 e. The molecule has 1 aromatic carbocycles. The van der Waals surface area contributed by atoms with Gasteiger partial charge in [-0.25, -0.2) is 0 Å². The first-order chi connectivity index (χ1) is 12.1. The molecular weight excluding hydrogens is 338 g/mol. The first-order valence-electron chi connectivity index (χ1n) is 9.14. The maximum absolute atomic E-state index is 12.1. The highest BCUT2D eigenvalue weighted by molar-refractivity contribution is 6.30. The first-order valence-corrected chi connectivity index (χ1v) is 9.51. The molecule has 2 amide bonds. The Labute approximate surface area is 155 Å². The number of unbranched alkanes of at least 4 members (excludes halogenated alkanes) is 1. The van der Waals surface area contributed by atoms with E-state index < -0.39 is 0 Å². The highest BCUT2D eigenvalue weighted by atomic mass is 35.5. The van der Waals surface area contributed by atoms with E-state index in [1.54, 1.807) is 24.3 Å². The van der Waals surface area contributed by atoms with E-state index in [1.165, 1.54) is 0 Å². The minimum Gasteiger partial charge on any atom is -0.356 e. The highest BCUT2D eigenvalue weighted by Gasteiger charge is 2.24. The monoisotopic (exact) mass is 365 g/mol. The number of nitrogens with zero attached hydrogens (tertiary/aromatic N) is 1. The van der Waals surface area contributed by atoms with Crippen molar-refractivity contribution in [3.63, 3.8) is 0 Å². The van der Waals surface area contributed by atoms with Crippen LogP contribution < -0.4 is 10.6 Å². The number of benzene rings is 1. The van der Waals surface area contributed by atoms with E-state index in [-0.39, 0.29) is 17.7 Å². The lowest BCUT2D eigenvalue weighted by molar-refractivity contribution is -0.126. The molecule has 0 aromatic heterocycles. The molecule has 6 heteroatoms. The summed E-state index contributed by atoms with van der Waals surface area (Å²) >= 11 is 5.83. The Morgan fingerprint density at radius 3 is 2.52 bits per heavy atom. The molecule has 0 unspecified atom stereocenters. The number of rotatable bonds is 8. The summed E-state index contributed by atoms with van der Waals surface area (Å²) < 4.78 is 0. The number of nitrogens with one attached hydrogen (secondary N) is 2. The average molecular weight is 366 g/mol. The van der Waals surface area contributed by atoms with Gasteiger partial charge in [0.2, 0.25) is 11.8 Å². The largest absolute Gasteiger partial charge is 0.356 e. The van der Waals surface area contributed by atoms with Gasteiger partial charge in [0.25, 0.3) is 0 Å². The Bertz CT molecular complexity index is 554. The van der Waals surface area contributed by atoms with Crippen molar-refractivity contribution in [2.45, 2.75) is 39.0 Å². The highest BCUT2D eigenvalue weighted by Crippen LogP contribution is 2.18. The van der Waals surface area contributed by atoms with Crippen molar-refractivity contribution in [2.75, 3.05) is 31.5 Å². The molecule has 0 aliphatic carbocycles. The van der Waals surface area contributed by atoms with Crippen LogP contribution in [0, 0.1) is 5.92 Å². The molecular formula is C19H28ClN3O2. The third-order valence-corrected chi connectivity index (χ3v) is 4.82. The van der Waals surface area contributed by atoms with E-state index in [0.717, 1.165) is 57.5 Å². The Morgan fingerprint density at radius 2 is 1.88 bits per heavy atom. The normalized spacial score (nSPS) is 15.8. The third kappa shape index (κ3) is 7.04. The average Bonchev–Trinajstić information content (AvgIpc) is 2.62. The maximum Gasteiger partial charge on any atom is 0.225 e. The summed E-state index contributed by atoms with van der Waals surface area (Å²) in [4.78, 5) is 26.4. The van der Waals surface area contributed by atoms with E-state index in [2.05, 4.69) is 22.5 Å². The minimum atomic E-state index is 0.00162. The maximum atomic E-state index is 12.1. The van der Waals surface area contributed by atoms with Crippen molar-refractivity contribution in [1.29, 1.82) is 0 Å². The molecule has 0 bridgehead atoms. The Hall–Kier alpha value is -1.59. The molecule has 0 spiro atoms. The van der Waals surface area contributed by atoms with Gasteiger partial charge >= 0.3 is 0 Å². The molecule has 0 saturated carbocycles. The van der Waals surface area contributed by atoms with Crippen molar-refractivity contribution in [2.24, 2.45) is 5.92 Å². The zero-order valence-corrected chi connectivity index (χ0v) is 15.6. The van der Waals surface area contributed by atoms with Crippen LogP contribution in [0.5, 0.6) is 0 Å². The summed E-state index contributed by atoms with van der Waals surface area (Å²) in [6.07, 6.45) is 4.33. The second-order valence-electron chi connectivity index (χ2n) is 6.57. The van der Waals surface area contributed by atoms with E-state index in [1.807, 2.05) is 0 Å². The summed E-state index contributed by atoms with van der Waals surface area (Å²) in [6, 6.07) is 7.10. The number of likely N-dealkylation sites (tertiary alicyclic amines) is 1. The third-order valence-electron chi connectivity index (χ3n) is 4.57. The second kappa shape index (κ2) is 10.4. The number of halogens is 1. The van der Waals surface area contributed by atoms with Crippen molar-refractivity contribution >= 4 is 29.1 Å². The molecule has 1 heterocycles. The molecule has 1 fully saturated rings. The van der Waals surface area contributed by atoms with E-state index in [4.69, 9.17) is 11.6 Å². The predicted octanol–water partition coefficient (Wildman–Crippen LogP) is 3.30. The van der Waals surface area contributed by atoms with Crippen molar-refractivity contribution in [1.82, 2.24) is 10.2 Å². The van der Waals surface area contributed by atoms with Crippen LogP contribution in [0.2, 0.25) is 5.02 Å². The predicted molar refractivity (Wildman–Crippen MR) is 102 cm³/mol. The number of hydrogen-bond acceptors (Lipinski definition) is 3. The van der Waals surface area contributed by atoms with Crippen LogP contribution >= 0.6 is 11.6 Å². The van der Waals surface area contributed by atoms with Crippen molar-refractivity contribution in [3.05, 3.63) is 29.3 Å². The fourth-order valence-corrected chi connectivity index (χ4v) is 3.09. The van der Waals surface area contributed by atoms with Crippen LogP contribution in [0.1, 0.15) is 39.0 Å². The molecule has 1 aliphatic heterocycles. The molecule has 1 aromatic rings. The van der Waals surface area contributed by atoms with E-state index in [9.17, 15) is 9.59 Å². The zero-order chi connectivity index (χ0) is 18.1. The zero-order valence-electron chi connectivity index (χ0n) is 14.9. The number of hydrogen-bond donors (Lipinski definition) is 2. The molecule has 2 N–H and O–H groups in total. The van der Waals surface area contributed by atoms with Crippen LogP contribution in [-0.4, -0.2) is 42.9 Å². The number of amides is 2. The van der Waals surface area contributed by atoms with Gasteiger partial charge in [-0.2, -0.15) is 0 Å². The summed E-state index contributed by atoms with van der Waals surface area (Å²) in [5, 5.41) is 6.55. The van der Waals surface area contributed by atoms with Crippen LogP contribution in [0.3, 0.4) is 0 Å². The van der Waals surface area contributed by atoms with Gasteiger partial charge < -0.3 is 15.5 Å². The fourth-order valence-electron chi connectivity index (χ4n) is 2.97. The lowest BCUT2D eigenvalue weighted by atomic mass is 9.95. The second-order valence-corrected chi connectivity index (χ2v) is 7.00. The van der Waals surface area contributed by atoms with Gasteiger partial charge in [-0.15, -0.1) is 0 Å². The molecule has 25 heavy (non-hydrogen) atoms. The molecule has 0 atom stereocenters. The molecule has 1 aliphatic rings. The fraction of sp³-hybridized carbons (Fsp3) is 0.579. The lowest BCUT2D eigenvalue weighted by Crippen LogP contribution is -2.41. The molecule has 138 valence electrons. The molecule has 0 radical (unpaired) electrons. The van der Waals surface area contributed by atoms with Gasteiger partial charge in [0.05, 0.1) is 0 Å². The summed E-state index contributed by atoms with van der Waals surface area (Å²) in [5.74, 6) is 0.311. The summed E-state index contributed by atoms with van der Waals surface area (Å²) in [6.45, 7) is 5.37. The van der Waals surface area contributed by atoms with Gasteiger partial charge in [0, 0.05) is 36.1 Å². The molecule has 1 saturated heterocycles. The van der Waals surface area contributed by atoms with E-state index in [0.29, 0.717) is 11.4 Å². The van der Waals surface area contributed by atoms with Crippen LogP contribution in [0.15, 0.2) is 24.3 Å². The van der Waals surface area contributed by atoms with Crippen LogP contribution in [-0.2, 0) is 9.59 Å². The van der Waals surface area contributed by atoms with Crippen LogP contribution in [0.25, 0.3) is 0 Å². The number of carbonyl (C=O) groups is 2. The minimum absolute atomic E-state index is 0.00162. The summed E-state index contributed by atoms with van der Waals surface area (Å²) in [5.41, 5.74) is 0.761. The Morgan fingerprint density at radius 1 is 1.20 bits per heavy atom. The summed E-state index contributed by atoms with van der Waals surface area (Å²) in [7, 11) is 0. The SMILES string of the molecule is CCCCNC(=O)C1CCN(CCC(=O)Nc2ccc(Cl)cc2)CC1. The Balaban J connectivity index is 1.63. The quantitative estimate of drug-likeness (QED) is 0.695. The van der Waals surface area contributed by atoms with E-state index >= 15 is 0 Å².